The van der Waals surface area contributed by atoms with Crippen LogP contribution in [0.4, 0.5) is 0 Å². The van der Waals surface area contributed by atoms with Gasteiger partial charge in [0, 0.05) is 6.66 Å². The minimum atomic E-state index is -3.53. The molecule has 0 aliphatic rings. The molecule has 0 fully saturated rings. The van der Waals surface area contributed by atoms with Gasteiger partial charge in [-0.05, 0) is 0 Å². The van der Waals surface area contributed by atoms with Crippen molar-refractivity contribution < 1.29 is 37.4 Å². The Labute approximate surface area is 119 Å². The Hall–Kier alpha value is 0.220. The highest BCUT2D eigenvalue weighted by Gasteiger charge is 2.23. The lowest BCUT2D eigenvalue weighted by Gasteiger charge is -2.15. The number of ether oxygens (including phenoxy) is 2. The predicted molar refractivity (Wildman–Crippen MR) is 74.3 cm³/mol. The Bertz CT molecular complexity index is 340. The first-order valence-corrected chi connectivity index (χ1v) is 9.89. The second-order valence-electron chi connectivity index (χ2n) is 4.35. The lowest BCUT2D eigenvalue weighted by molar-refractivity contribution is 0.0253. The lowest BCUT2D eigenvalue weighted by Crippen LogP contribution is -2.12. The molecule has 20 heavy (non-hydrogen) atoms. The Morgan fingerprint density at radius 2 is 1.25 bits per heavy atom. The van der Waals surface area contributed by atoms with Gasteiger partial charge in [0.1, 0.15) is 0 Å². The third-order valence-corrected chi connectivity index (χ3v) is 4.61. The van der Waals surface area contributed by atoms with Crippen molar-refractivity contribution in [2.45, 2.75) is 19.5 Å². The third kappa shape index (κ3) is 12.0. The van der Waals surface area contributed by atoms with Crippen molar-refractivity contribution in [1.29, 1.82) is 0 Å². The third-order valence-electron chi connectivity index (χ3n) is 2.09. The fraction of sp³-hybridized carbons (Fsp3) is 1.00. The van der Waals surface area contributed by atoms with Crippen LogP contribution in [-0.4, -0.2) is 61.8 Å². The lowest BCUT2D eigenvalue weighted by atomic mass is 10.6. The van der Waals surface area contributed by atoms with Gasteiger partial charge >= 0.3 is 15.2 Å². The molecule has 0 aliphatic carbocycles. The highest BCUT2D eigenvalue weighted by molar-refractivity contribution is 7.53. The van der Waals surface area contributed by atoms with Gasteiger partial charge in [-0.2, -0.15) is 0 Å². The minimum absolute atomic E-state index is 0.0372. The van der Waals surface area contributed by atoms with E-state index >= 15 is 0 Å². The van der Waals surface area contributed by atoms with Crippen molar-refractivity contribution in [3.63, 3.8) is 0 Å². The van der Waals surface area contributed by atoms with Gasteiger partial charge in [-0.1, -0.05) is 13.8 Å². The Balaban J connectivity index is 3.34. The van der Waals surface area contributed by atoms with Gasteiger partial charge in [0.25, 0.3) is 0 Å². The molecule has 2 atom stereocenters. The van der Waals surface area contributed by atoms with Crippen LogP contribution in [0.5, 0.6) is 0 Å². The van der Waals surface area contributed by atoms with E-state index in [0.29, 0.717) is 13.2 Å². The molecule has 0 aromatic heterocycles. The molecule has 0 saturated heterocycles. The number of hydrogen-bond acceptors (Lipinski definition) is 6. The molecule has 2 N–H and O–H groups in total. The molecule has 10 heteroatoms. The van der Waals surface area contributed by atoms with Crippen LogP contribution in [0.25, 0.3) is 0 Å². The first kappa shape index (κ1) is 20.2. The minimum Gasteiger partial charge on any atom is -0.377 e. The van der Waals surface area contributed by atoms with Crippen LogP contribution >= 0.6 is 15.2 Å². The van der Waals surface area contributed by atoms with Gasteiger partial charge in [0.15, 0.2) is 0 Å². The normalized spacial score (nSPS) is 17.9. The zero-order valence-electron chi connectivity index (χ0n) is 12.1. The molecule has 0 heterocycles. The summed E-state index contributed by atoms with van der Waals surface area (Å²) in [6.07, 6.45) is 0. The van der Waals surface area contributed by atoms with Crippen molar-refractivity contribution in [2.75, 3.05) is 46.3 Å². The van der Waals surface area contributed by atoms with Gasteiger partial charge in [0.05, 0.1) is 45.3 Å². The van der Waals surface area contributed by atoms with Crippen LogP contribution in [0.3, 0.4) is 0 Å². The summed E-state index contributed by atoms with van der Waals surface area (Å²) in [5.41, 5.74) is -0.438. The largest absolute Gasteiger partial charge is 0.377 e. The summed E-state index contributed by atoms with van der Waals surface area (Å²) in [7, 11) is -6.97. The zero-order valence-corrected chi connectivity index (χ0v) is 13.8. The number of rotatable bonds is 12. The van der Waals surface area contributed by atoms with E-state index < -0.39 is 20.9 Å². The zero-order chi connectivity index (χ0) is 15.6. The summed E-state index contributed by atoms with van der Waals surface area (Å²) in [6.45, 7) is 5.38. The highest BCUT2D eigenvalue weighted by Crippen LogP contribution is 2.46. The Kier molecular flexibility index (Phi) is 10.1. The van der Waals surface area contributed by atoms with Crippen LogP contribution in [0.15, 0.2) is 0 Å². The molecule has 0 bridgehead atoms. The first-order chi connectivity index (χ1) is 9.15. The van der Waals surface area contributed by atoms with Gasteiger partial charge in [0.2, 0.25) is 0 Å². The maximum absolute atomic E-state index is 11.4. The second-order valence-corrected chi connectivity index (χ2v) is 8.64. The van der Waals surface area contributed by atoms with E-state index in [4.69, 9.17) is 18.9 Å². The van der Waals surface area contributed by atoms with Crippen LogP contribution in [-0.2, 0) is 27.7 Å². The summed E-state index contributed by atoms with van der Waals surface area (Å²) in [6, 6.07) is 0. The highest BCUT2D eigenvalue weighted by atomic mass is 31.2. The molecular weight excluding hydrogens is 310 g/mol. The molecule has 8 nitrogen and oxygen atoms in total. The molecule has 0 saturated carbocycles. The van der Waals surface area contributed by atoms with Crippen molar-refractivity contribution in [3.8, 4) is 0 Å². The maximum atomic E-state index is 11.4. The molecule has 0 rings (SSSR count). The average molecular weight is 334 g/mol. The quantitative estimate of drug-likeness (QED) is 0.407. The van der Waals surface area contributed by atoms with Gasteiger partial charge in [-0.15, -0.1) is 0 Å². The Morgan fingerprint density at radius 3 is 1.65 bits per heavy atom. The summed E-state index contributed by atoms with van der Waals surface area (Å²) in [4.78, 5) is 18.2. The van der Waals surface area contributed by atoms with Gasteiger partial charge in [-0.25, -0.2) is 0 Å². The van der Waals surface area contributed by atoms with Crippen molar-refractivity contribution in [2.24, 2.45) is 0 Å². The van der Waals surface area contributed by atoms with E-state index in [9.17, 15) is 14.0 Å². The van der Waals surface area contributed by atoms with E-state index in [1.165, 1.54) is 0 Å². The van der Waals surface area contributed by atoms with Crippen LogP contribution in [0, 0.1) is 0 Å². The Morgan fingerprint density at radius 1 is 0.850 bits per heavy atom. The summed E-state index contributed by atoms with van der Waals surface area (Å²) in [5, 5.41) is 0. The summed E-state index contributed by atoms with van der Waals surface area (Å²) >= 11 is 0. The average Bonchev–Trinajstić information content (AvgIpc) is 2.29. The maximum Gasteiger partial charge on any atom is 0.330 e. The van der Waals surface area contributed by atoms with Gasteiger partial charge in [-0.3, -0.25) is 9.13 Å². The molecule has 0 spiro atoms. The van der Waals surface area contributed by atoms with Crippen LogP contribution in [0.2, 0.25) is 0 Å². The molecule has 0 aromatic rings. The predicted octanol–water partition coefficient (Wildman–Crippen LogP) is 1.46. The fourth-order valence-corrected chi connectivity index (χ4v) is 2.01. The summed E-state index contributed by atoms with van der Waals surface area (Å²) < 4.78 is 41.8. The molecule has 122 valence electrons. The first-order valence-electron chi connectivity index (χ1n) is 6.22. The number of hydrogen-bond donors (Lipinski definition) is 2. The molecule has 0 aliphatic heterocycles. The van der Waals surface area contributed by atoms with Crippen molar-refractivity contribution in [3.05, 3.63) is 0 Å². The van der Waals surface area contributed by atoms with Crippen molar-refractivity contribution in [1.82, 2.24) is 0 Å². The molecule has 0 aromatic carbocycles. The van der Waals surface area contributed by atoms with Crippen LogP contribution < -0.4 is 0 Å². The second kappa shape index (κ2) is 10.0. The monoisotopic (exact) mass is 334 g/mol. The van der Waals surface area contributed by atoms with Gasteiger partial charge < -0.3 is 28.3 Å². The van der Waals surface area contributed by atoms with Crippen molar-refractivity contribution >= 4 is 15.2 Å². The van der Waals surface area contributed by atoms with E-state index in [-0.39, 0.29) is 26.4 Å². The van der Waals surface area contributed by atoms with Crippen LogP contribution in [0.1, 0.15) is 13.8 Å². The topological polar surface area (TPSA) is 112 Å². The molecule has 0 amide bonds. The molecular formula is C10H24O8P2. The standard InChI is InChI=1S/C10H24O8P2/c1-10(2)20(13,14)18-9-7-16-5-4-15-6-8-17-19(3,11)12/h10H,4-9H2,1-3H3,(H,11,12)(H,13,14). The molecule has 0 radical (unpaired) electrons. The SMILES string of the molecule is CC(C)P(=O)(O)OCCOCCOCCOP(C)(=O)O. The van der Waals surface area contributed by atoms with E-state index in [1.54, 1.807) is 13.8 Å². The molecule has 2 unspecified atom stereocenters. The fourth-order valence-electron chi connectivity index (χ4n) is 0.964. The van der Waals surface area contributed by atoms with E-state index in [2.05, 4.69) is 4.52 Å². The smallest absolute Gasteiger partial charge is 0.330 e. The summed E-state index contributed by atoms with van der Waals surface area (Å²) in [5.74, 6) is 0. The van der Waals surface area contributed by atoms with E-state index in [0.717, 1.165) is 6.66 Å². The van der Waals surface area contributed by atoms with E-state index in [1.807, 2.05) is 0 Å².